The van der Waals surface area contributed by atoms with Gasteiger partial charge in [-0.3, -0.25) is 0 Å². The number of aromatic nitrogens is 1. The summed E-state index contributed by atoms with van der Waals surface area (Å²) in [5.74, 6) is 1.23. The van der Waals surface area contributed by atoms with Gasteiger partial charge in [-0.15, -0.1) is 0 Å². The van der Waals surface area contributed by atoms with E-state index in [0.717, 1.165) is 31.5 Å². The number of anilines is 2. The van der Waals surface area contributed by atoms with Crippen LogP contribution < -0.4 is 10.2 Å². The van der Waals surface area contributed by atoms with Gasteiger partial charge in [0.05, 0.1) is 5.56 Å². The van der Waals surface area contributed by atoms with Crippen LogP contribution in [0.15, 0.2) is 12.1 Å². The van der Waals surface area contributed by atoms with Gasteiger partial charge in [-0.25, -0.2) is 4.98 Å². The summed E-state index contributed by atoms with van der Waals surface area (Å²) in [5, 5.41) is 2.70. The number of hydrogen-bond acceptors (Lipinski definition) is 3. The third kappa shape index (κ3) is 3.55. The van der Waals surface area contributed by atoms with Crippen LogP contribution in [0, 0.1) is 5.92 Å². The standard InChI is InChI=1S/C14H20F3N3/c1-9(2)20(8-10-4-5-10)13-7-11(14(15,16)17)6-12(18-3)19-13/h6-7,9-10H,4-5,8H2,1-3H3,(H,18,19). The molecule has 0 aromatic carbocycles. The molecule has 0 radical (unpaired) electrons. The maximum Gasteiger partial charge on any atom is 0.416 e. The number of hydrogen-bond donors (Lipinski definition) is 1. The minimum Gasteiger partial charge on any atom is -0.373 e. The summed E-state index contributed by atoms with van der Waals surface area (Å²) < 4.78 is 38.8. The minimum atomic E-state index is -4.36. The normalized spacial score (nSPS) is 15.6. The van der Waals surface area contributed by atoms with Gasteiger partial charge in [0.25, 0.3) is 0 Å². The van der Waals surface area contributed by atoms with E-state index < -0.39 is 11.7 Å². The lowest BCUT2D eigenvalue weighted by Crippen LogP contribution is -2.33. The van der Waals surface area contributed by atoms with Gasteiger partial charge in [0.15, 0.2) is 0 Å². The Morgan fingerprint density at radius 3 is 2.45 bits per heavy atom. The van der Waals surface area contributed by atoms with E-state index in [0.29, 0.717) is 11.7 Å². The van der Waals surface area contributed by atoms with Gasteiger partial charge >= 0.3 is 6.18 Å². The van der Waals surface area contributed by atoms with Crippen molar-refractivity contribution in [3.8, 4) is 0 Å². The van der Waals surface area contributed by atoms with E-state index in [1.165, 1.54) is 0 Å². The summed E-state index contributed by atoms with van der Waals surface area (Å²) in [6.07, 6.45) is -2.05. The van der Waals surface area contributed by atoms with Crippen molar-refractivity contribution in [2.75, 3.05) is 23.8 Å². The predicted molar refractivity (Wildman–Crippen MR) is 74.0 cm³/mol. The van der Waals surface area contributed by atoms with Gasteiger partial charge in [-0.1, -0.05) is 0 Å². The highest BCUT2D eigenvalue weighted by Crippen LogP contribution is 2.35. The smallest absolute Gasteiger partial charge is 0.373 e. The highest BCUT2D eigenvalue weighted by atomic mass is 19.4. The number of halogens is 3. The third-order valence-corrected chi connectivity index (χ3v) is 3.46. The highest BCUT2D eigenvalue weighted by Gasteiger charge is 2.33. The van der Waals surface area contributed by atoms with Gasteiger partial charge in [0, 0.05) is 19.6 Å². The van der Waals surface area contributed by atoms with Crippen molar-refractivity contribution < 1.29 is 13.2 Å². The topological polar surface area (TPSA) is 28.2 Å². The Balaban J connectivity index is 2.36. The largest absolute Gasteiger partial charge is 0.416 e. The lowest BCUT2D eigenvalue weighted by molar-refractivity contribution is -0.137. The predicted octanol–water partition coefficient (Wildman–Crippen LogP) is 3.77. The Kier molecular flexibility index (Phi) is 4.11. The third-order valence-electron chi connectivity index (χ3n) is 3.46. The lowest BCUT2D eigenvalue weighted by Gasteiger charge is -2.29. The van der Waals surface area contributed by atoms with Crippen LogP contribution in [0.2, 0.25) is 0 Å². The van der Waals surface area contributed by atoms with Crippen LogP contribution in [0.4, 0.5) is 24.8 Å². The summed E-state index contributed by atoms with van der Waals surface area (Å²) in [4.78, 5) is 6.23. The van der Waals surface area contributed by atoms with E-state index in [9.17, 15) is 13.2 Å². The molecule has 1 N–H and O–H groups in total. The molecule has 0 aliphatic heterocycles. The summed E-state index contributed by atoms with van der Waals surface area (Å²) in [7, 11) is 1.58. The van der Waals surface area contributed by atoms with Crippen LogP contribution in [-0.4, -0.2) is 24.6 Å². The molecule has 2 rings (SSSR count). The molecule has 3 nitrogen and oxygen atoms in total. The first-order valence-corrected chi connectivity index (χ1v) is 6.85. The Bertz CT molecular complexity index is 467. The molecule has 1 saturated carbocycles. The van der Waals surface area contributed by atoms with E-state index in [-0.39, 0.29) is 11.9 Å². The summed E-state index contributed by atoms with van der Waals surface area (Å²) in [6, 6.07) is 2.30. The average Bonchev–Trinajstić information content (AvgIpc) is 3.17. The molecule has 0 unspecified atom stereocenters. The molecule has 0 amide bonds. The minimum absolute atomic E-state index is 0.122. The molecule has 0 atom stereocenters. The fourth-order valence-corrected chi connectivity index (χ4v) is 2.10. The molecule has 0 spiro atoms. The van der Waals surface area contributed by atoms with Crippen molar-refractivity contribution in [2.24, 2.45) is 5.92 Å². The number of nitrogens with zero attached hydrogens (tertiary/aromatic N) is 2. The van der Waals surface area contributed by atoms with E-state index in [1.807, 2.05) is 18.7 Å². The first-order valence-electron chi connectivity index (χ1n) is 6.85. The Morgan fingerprint density at radius 2 is 2.00 bits per heavy atom. The van der Waals surface area contributed by atoms with Crippen molar-refractivity contribution in [2.45, 2.75) is 38.9 Å². The van der Waals surface area contributed by atoms with E-state index in [2.05, 4.69) is 10.3 Å². The molecule has 1 heterocycles. The quantitative estimate of drug-likeness (QED) is 0.893. The molecule has 0 saturated heterocycles. The monoisotopic (exact) mass is 287 g/mol. The molecular weight excluding hydrogens is 267 g/mol. The summed E-state index contributed by atoms with van der Waals surface area (Å²) in [6.45, 7) is 4.72. The van der Waals surface area contributed by atoms with Gasteiger partial charge in [0.2, 0.25) is 0 Å². The van der Waals surface area contributed by atoms with Crippen LogP contribution >= 0.6 is 0 Å². The molecular formula is C14H20F3N3. The van der Waals surface area contributed by atoms with Crippen LogP contribution in [-0.2, 0) is 6.18 Å². The fourth-order valence-electron chi connectivity index (χ4n) is 2.10. The zero-order valence-electron chi connectivity index (χ0n) is 12.0. The van der Waals surface area contributed by atoms with E-state index in [1.54, 1.807) is 7.05 Å². The van der Waals surface area contributed by atoms with Crippen LogP contribution in [0.3, 0.4) is 0 Å². The molecule has 6 heteroatoms. The second kappa shape index (κ2) is 5.50. The van der Waals surface area contributed by atoms with Crippen molar-refractivity contribution in [1.29, 1.82) is 0 Å². The number of alkyl halides is 3. The second-order valence-corrected chi connectivity index (χ2v) is 5.54. The molecule has 112 valence electrons. The molecule has 1 aromatic rings. The van der Waals surface area contributed by atoms with E-state index >= 15 is 0 Å². The second-order valence-electron chi connectivity index (χ2n) is 5.54. The van der Waals surface area contributed by atoms with Crippen molar-refractivity contribution in [1.82, 2.24) is 4.98 Å². The van der Waals surface area contributed by atoms with E-state index in [4.69, 9.17) is 0 Å². The van der Waals surface area contributed by atoms with Gasteiger partial charge in [-0.05, 0) is 44.7 Å². The van der Waals surface area contributed by atoms with Crippen molar-refractivity contribution in [3.63, 3.8) is 0 Å². The van der Waals surface area contributed by atoms with Gasteiger partial charge in [0.1, 0.15) is 11.6 Å². The number of rotatable bonds is 5. The Morgan fingerprint density at radius 1 is 1.35 bits per heavy atom. The molecule has 1 aromatic heterocycles. The SMILES string of the molecule is CNc1cc(C(F)(F)F)cc(N(CC2CC2)C(C)C)n1. The maximum absolute atomic E-state index is 12.9. The molecule has 1 fully saturated rings. The Hall–Kier alpha value is -1.46. The van der Waals surface area contributed by atoms with Crippen LogP contribution in [0.1, 0.15) is 32.3 Å². The first-order chi connectivity index (χ1) is 9.31. The lowest BCUT2D eigenvalue weighted by atomic mass is 10.2. The van der Waals surface area contributed by atoms with Crippen molar-refractivity contribution in [3.05, 3.63) is 17.7 Å². The average molecular weight is 287 g/mol. The number of pyridine rings is 1. The first kappa shape index (κ1) is 14.9. The Labute approximate surface area is 117 Å². The summed E-state index contributed by atoms with van der Waals surface area (Å²) >= 11 is 0. The van der Waals surface area contributed by atoms with Crippen LogP contribution in [0.25, 0.3) is 0 Å². The molecule has 1 aliphatic carbocycles. The van der Waals surface area contributed by atoms with Crippen molar-refractivity contribution >= 4 is 11.6 Å². The van der Waals surface area contributed by atoms with Gasteiger partial charge < -0.3 is 10.2 Å². The molecule has 1 aliphatic rings. The fraction of sp³-hybridized carbons (Fsp3) is 0.643. The van der Waals surface area contributed by atoms with Crippen LogP contribution in [0.5, 0.6) is 0 Å². The highest BCUT2D eigenvalue weighted by molar-refractivity contribution is 5.51. The summed E-state index contributed by atoms with van der Waals surface area (Å²) in [5.41, 5.74) is -0.659. The maximum atomic E-state index is 12.9. The zero-order chi connectivity index (χ0) is 14.9. The number of nitrogens with one attached hydrogen (secondary N) is 1. The molecule has 20 heavy (non-hydrogen) atoms. The molecule has 0 bridgehead atoms. The van der Waals surface area contributed by atoms with Gasteiger partial charge in [-0.2, -0.15) is 13.2 Å². The zero-order valence-corrected chi connectivity index (χ0v) is 12.0.